The van der Waals surface area contributed by atoms with Crippen LogP contribution in [0.2, 0.25) is 0 Å². The van der Waals surface area contributed by atoms with E-state index in [9.17, 15) is 9.59 Å². The molecule has 0 aromatic carbocycles. The van der Waals surface area contributed by atoms with Gasteiger partial charge in [0.2, 0.25) is 5.91 Å². The predicted octanol–water partition coefficient (Wildman–Crippen LogP) is 4.47. The molecule has 4 saturated carbocycles. The van der Waals surface area contributed by atoms with Crippen molar-refractivity contribution in [3.8, 4) is 0 Å². The molecule has 4 heteroatoms. The van der Waals surface area contributed by atoms with Gasteiger partial charge in [0.25, 0.3) is 0 Å². The quantitative estimate of drug-likeness (QED) is 0.725. The molecule has 0 aliphatic heterocycles. The molecule has 0 saturated heterocycles. The van der Waals surface area contributed by atoms with Gasteiger partial charge in [-0.05, 0) is 86.9 Å². The van der Waals surface area contributed by atoms with Crippen LogP contribution in [0.4, 0.5) is 0 Å². The Labute approximate surface area is 164 Å². The maximum absolute atomic E-state index is 11.6. The number of nitrogens with one attached hydrogen (secondary N) is 1. The van der Waals surface area contributed by atoms with E-state index >= 15 is 0 Å². The van der Waals surface area contributed by atoms with E-state index in [1.807, 2.05) is 0 Å². The smallest absolute Gasteiger partial charge is 0.302 e. The number of rotatable bonds is 2. The van der Waals surface area contributed by atoms with Crippen molar-refractivity contribution in [3.05, 3.63) is 0 Å². The molecule has 4 aliphatic rings. The summed E-state index contributed by atoms with van der Waals surface area (Å²) < 4.78 is 5.77. The Morgan fingerprint density at radius 1 is 0.889 bits per heavy atom. The third-order valence-corrected chi connectivity index (χ3v) is 9.29. The SMILES string of the molecule is CC(=O)N[C@@H]1CC[C@@]2(C)[C@@H](CC[C@@H]3[C@@H]2CC[C@]2(C)[C@@H](OC(C)=O)CC[C@@H]32)C1. The maximum Gasteiger partial charge on any atom is 0.302 e. The molecule has 0 aromatic heterocycles. The second kappa shape index (κ2) is 6.77. The van der Waals surface area contributed by atoms with Gasteiger partial charge in [-0.3, -0.25) is 9.59 Å². The summed E-state index contributed by atoms with van der Waals surface area (Å²) in [5.74, 6) is 3.07. The molecular weight excluding hydrogens is 338 g/mol. The van der Waals surface area contributed by atoms with Gasteiger partial charge in [-0.25, -0.2) is 0 Å². The monoisotopic (exact) mass is 375 g/mol. The number of esters is 1. The van der Waals surface area contributed by atoms with Crippen molar-refractivity contribution in [1.82, 2.24) is 5.32 Å². The molecule has 0 aromatic rings. The van der Waals surface area contributed by atoms with Gasteiger partial charge < -0.3 is 10.1 Å². The van der Waals surface area contributed by atoms with E-state index in [1.54, 1.807) is 13.8 Å². The van der Waals surface area contributed by atoms with Crippen LogP contribution in [0.3, 0.4) is 0 Å². The fraction of sp³-hybridized carbons (Fsp3) is 0.913. The van der Waals surface area contributed by atoms with Crippen LogP contribution < -0.4 is 5.32 Å². The van der Waals surface area contributed by atoms with E-state index in [4.69, 9.17) is 4.74 Å². The Morgan fingerprint density at radius 2 is 1.59 bits per heavy atom. The second-order valence-electron chi connectivity index (χ2n) is 10.5. The Kier molecular flexibility index (Phi) is 4.83. The minimum absolute atomic E-state index is 0.115. The van der Waals surface area contributed by atoms with Crippen LogP contribution in [0.1, 0.15) is 85.5 Å². The Bertz CT molecular complexity index is 619. The van der Waals surface area contributed by atoms with Crippen LogP contribution in [0, 0.1) is 34.5 Å². The number of hydrogen-bond acceptors (Lipinski definition) is 3. The number of carbonyl (C=O) groups excluding carboxylic acids is 2. The van der Waals surface area contributed by atoms with Gasteiger partial charge in [-0.15, -0.1) is 0 Å². The van der Waals surface area contributed by atoms with Gasteiger partial charge in [0.1, 0.15) is 6.10 Å². The van der Waals surface area contributed by atoms with Crippen molar-refractivity contribution in [2.75, 3.05) is 0 Å². The molecule has 8 atom stereocenters. The zero-order chi connectivity index (χ0) is 19.4. The molecule has 1 N–H and O–H groups in total. The normalized spacial score (nSPS) is 48.7. The van der Waals surface area contributed by atoms with E-state index in [0.717, 1.165) is 37.0 Å². The summed E-state index contributed by atoms with van der Waals surface area (Å²) in [6, 6.07) is 0.380. The zero-order valence-corrected chi connectivity index (χ0v) is 17.6. The highest BCUT2D eigenvalue weighted by atomic mass is 16.5. The summed E-state index contributed by atoms with van der Waals surface area (Å²) in [6.45, 7) is 8.16. The number of fused-ring (bicyclic) bond motifs is 5. The average Bonchev–Trinajstić information content (AvgIpc) is 2.91. The van der Waals surface area contributed by atoms with Gasteiger partial charge >= 0.3 is 5.97 Å². The molecule has 4 rings (SSSR count). The number of ether oxygens (including phenoxy) is 1. The van der Waals surface area contributed by atoms with E-state index in [0.29, 0.717) is 17.4 Å². The summed E-state index contributed by atoms with van der Waals surface area (Å²) in [4.78, 5) is 23.1. The van der Waals surface area contributed by atoms with Crippen molar-refractivity contribution in [2.24, 2.45) is 34.5 Å². The van der Waals surface area contributed by atoms with Crippen LogP contribution in [-0.2, 0) is 14.3 Å². The predicted molar refractivity (Wildman–Crippen MR) is 105 cm³/mol. The number of amides is 1. The van der Waals surface area contributed by atoms with E-state index in [-0.39, 0.29) is 23.4 Å². The van der Waals surface area contributed by atoms with E-state index < -0.39 is 0 Å². The minimum atomic E-state index is -0.115. The third-order valence-electron chi connectivity index (χ3n) is 9.29. The van der Waals surface area contributed by atoms with Crippen molar-refractivity contribution in [3.63, 3.8) is 0 Å². The summed E-state index contributed by atoms with van der Waals surface area (Å²) in [7, 11) is 0. The molecule has 4 nitrogen and oxygen atoms in total. The summed E-state index contributed by atoms with van der Waals surface area (Å²) in [5, 5.41) is 3.18. The molecule has 0 heterocycles. The van der Waals surface area contributed by atoms with Gasteiger partial charge in [-0.1, -0.05) is 13.8 Å². The molecular formula is C23H37NO3. The van der Waals surface area contributed by atoms with Gasteiger partial charge in [0.15, 0.2) is 0 Å². The van der Waals surface area contributed by atoms with Crippen LogP contribution in [0.15, 0.2) is 0 Å². The van der Waals surface area contributed by atoms with Crippen LogP contribution in [-0.4, -0.2) is 24.0 Å². The highest BCUT2D eigenvalue weighted by Crippen LogP contribution is 2.66. The van der Waals surface area contributed by atoms with Gasteiger partial charge in [0.05, 0.1) is 0 Å². The third kappa shape index (κ3) is 3.11. The highest BCUT2D eigenvalue weighted by molar-refractivity contribution is 5.73. The maximum atomic E-state index is 11.6. The lowest BCUT2D eigenvalue weighted by molar-refractivity contribution is -0.161. The lowest BCUT2D eigenvalue weighted by atomic mass is 9.45. The van der Waals surface area contributed by atoms with Gasteiger partial charge in [0, 0.05) is 25.3 Å². The molecule has 0 radical (unpaired) electrons. The molecule has 0 spiro atoms. The molecule has 0 unspecified atom stereocenters. The molecule has 4 aliphatic carbocycles. The molecule has 4 fully saturated rings. The lowest BCUT2D eigenvalue weighted by Crippen LogP contribution is -2.55. The first-order valence-corrected chi connectivity index (χ1v) is 11.2. The Morgan fingerprint density at radius 3 is 2.30 bits per heavy atom. The molecule has 0 bridgehead atoms. The van der Waals surface area contributed by atoms with Crippen molar-refractivity contribution in [1.29, 1.82) is 0 Å². The topological polar surface area (TPSA) is 55.4 Å². The van der Waals surface area contributed by atoms with Crippen molar-refractivity contribution >= 4 is 11.9 Å². The average molecular weight is 376 g/mol. The van der Waals surface area contributed by atoms with Crippen molar-refractivity contribution in [2.45, 2.75) is 97.6 Å². The molecule has 152 valence electrons. The Balaban J connectivity index is 1.51. The highest BCUT2D eigenvalue weighted by Gasteiger charge is 2.61. The lowest BCUT2D eigenvalue weighted by Gasteiger charge is -2.61. The number of hydrogen-bond donors (Lipinski definition) is 1. The summed E-state index contributed by atoms with van der Waals surface area (Å²) in [6.07, 6.45) is 11.1. The van der Waals surface area contributed by atoms with Crippen LogP contribution >= 0.6 is 0 Å². The largest absolute Gasteiger partial charge is 0.462 e. The second-order valence-corrected chi connectivity index (χ2v) is 10.5. The van der Waals surface area contributed by atoms with Crippen molar-refractivity contribution < 1.29 is 14.3 Å². The van der Waals surface area contributed by atoms with Crippen LogP contribution in [0.5, 0.6) is 0 Å². The Hall–Kier alpha value is -1.06. The standard InChI is InChI=1S/C23H37NO3/c1-14(25)24-17-9-11-22(3)16(13-17)5-6-18-19-7-8-21(27-15(2)26)23(19,4)12-10-20(18)22/h16-21H,5-13H2,1-4H3,(H,24,25)/t16-,17+,18-,19-,20-,21-,22-,23-/m0/s1. The van der Waals surface area contributed by atoms with Gasteiger partial charge in [-0.2, -0.15) is 0 Å². The van der Waals surface area contributed by atoms with Crippen LogP contribution in [0.25, 0.3) is 0 Å². The minimum Gasteiger partial charge on any atom is -0.462 e. The summed E-state index contributed by atoms with van der Waals surface area (Å²) in [5.41, 5.74) is 0.613. The first kappa shape index (κ1) is 19.3. The molecule has 1 amide bonds. The fourth-order valence-electron chi connectivity index (χ4n) is 8.02. The molecule has 27 heavy (non-hydrogen) atoms. The van der Waals surface area contributed by atoms with E-state index in [2.05, 4.69) is 19.2 Å². The number of carbonyl (C=O) groups is 2. The van der Waals surface area contributed by atoms with E-state index in [1.165, 1.54) is 38.5 Å². The zero-order valence-electron chi connectivity index (χ0n) is 17.6. The first-order chi connectivity index (χ1) is 12.7. The summed E-state index contributed by atoms with van der Waals surface area (Å²) >= 11 is 0. The fourth-order valence-corrected chi connectivity index (χ4v) is 8.02. The first-order valence-electron chi connectivity index (χ1n) is 11.2.